The highest BCUT2D eigenvalue weighted by Gasteiger charge is 2.12. The first-order valence-electron chi connectivity index (χ1n) is 7.42. The minimum atomic E-state index is -0.737. The monoisotopic (exact) mass is 277 g/mol. The number of carboxylic acid groups (broad SMARTS) is 1. The van der Waals surface area contributed by atoms with Crippen molar-refractivity contribution in [2.45, 2.75) is 53.1 Å². The molecule has 3 nitrogen and oxygen atoms in total. The van der Waals surface area contributed by atoms with Gasteiger partial charge in [-0.15, -0.1) is 0 Å². The van der Waals surface area contributed by atoms with E-state index in [1.807, 2.05) is 12.1 Å². The Morgan fingerprint density at radius 3 is 2.40 bits per heavy atom. The van der Waals surface area contributed by atoms with Crippen molar-refractivity contribution in [1.29, 1.82) is 0 Å². The van der Waals surface area contributed by atoms with Crippen LogP contribution in [0.1, 0.15) is 45.2 Å². The van der Waals surface area contributed by atoms with Crippen LogP contribution in [-0.2, 0) is 17.8 Å². The molecule has 0 amide bonds. The molecule has 1 aromatic rings. The summed E-state index contributed by atoms with van der Waals surface area (Å²) in [6.45, 7) is 10.9. The van der Waals surface area contributed by atoms with Crippen molar-refractivity contribution < 1.29 is 9.90 Å². The number of nitrogens with zero attached hydrogens (tertiary/aromatic N) is 1. The molecule has 0 unspecified atom stereocenters. The molecule has 0 bridgehead atoms. The second-order valence-corrected chi connectivity index (χ2v) is 6.13. The van der Waals surface area contributed by atoms with E-state index in [-0.39, 0.29) is 6.42 Å². The lowest BCUT2D eigenvalue weighted by molar-refractivity contribution is -0.136. The van der Waals surface area contributed by atoms with Gasteiger partial charge in [-0.25, -0.2) is 0 Å². The predicted octanol–water partition coefficient (Wildman–Crippen LogP) is 3.57. The molecule has 0 aliphatic rings. The number of hydrogen-bond acceptors (Lipinski definition) is 2. The molecule has 0 aliphatic heterocycles. The molecule has 0 aliphatic carbocycles. The minimum absolute atomic E-state index is 0.198. The van der Waals surface area contributed by atoms with E-state index in [2.05, 4.69) is 44.7 Å². The summed E-state index contributed by atoms with van der Waals surface area (Å²) in [5, 5.41) is 8.75. The summed E-state index contributed by atoms with van der Waals surface area (Å²) in [4.78, 5) is 13.1. The summed E-state index contributed by atoms with van der Waals surface area (Å²) in [5.41, 5.74) is 2.38. The molecule has 1 rings (SSSR count). The largest absolute Gasteiger partial charge is 0.481 e. The van der Waals surface area contributed by atoms with Gasteiger partial charge in [0.25, 0.3) is 0 Å². The van der Waals surface area contributed by atoms with Crippen LogP contribution in [0.5, 0.6) is 0 Å². The molecule has 3 heteroatoms. The van der Waals surface area contributed by atoms with Crippen molar-refractivity contribution in [3.05, 3.63) is 35.4 Å². The topological polar surface area (TPSA) is 40.5 Å². The summed E-state index contributed by atoms with van der Waals surface area (Å²) in [6.07, 6.45) is 0.804. The summed E-state index contributed by atoms with van der Waals surface area (Å²) in [6, 6.07) is 8.81. The van der Waals surface area contributed by atoms with Crippen LogP contribution in [0.3, 0.4) is 0 Å². The number of rotatable bonds is 8. The van der Waals surface area contributed by atoms with E-state index in [0.29, 0.717) is 18.4 Å². The number of hydrogen-bond donors (Lipinski definition) is 1. The quantitative estimate of drug-likeness (QED) is 0.789. The van der Waals surface area contributed by atoms with Crippen molar-refractivity contribution in [2.24, 2.45) is 5.92 Å². The summed E-state index contributed by atoms with van der Waals surface area (Å²) >= 11 is 0. The second kappa shape index (κ2) is 8.05. The van der Waals surface area contributed by atoms with E-state index in [0.717, 1.165) is 18.7 Å². The summed E-state index contributed by atoms with van der Waals surface area (Å²) in [5.74, 6) is -0.0911. The highest BCUT2D eigenvalue weighted by Crippen LogP contribution is 2.13. The molecule has 0 aromatic heterocycles. The Bertz CT molecular complexity index is 427. The fourth-order valence-corrected chi connectivity index (χ4v) is 2.30. The molecule has 1 aromatic carbocycles. The zero-order valence-corrected chi connectivity index (χ0v) is 13.1. The van der Waals surface area contributed by atoms with Gasteiger partial charge in [-0.1, -0.05) is 38.1 Å². The van der Waals surface area contributed by atoms with E-state index >= 15 is 0 Å². The van der Waals surface area contributed by atoms with Crippen LogP contribution >= 0.6 is 0 Å². The van der Waals surface area contributed by atoms with Crippen LogP contribution < -0.4 is 0 Å². The fourth-order valence-electron chi connectivity index (χ4n) is 2.30. The van der Waals surface area contributed by atoms with Gasteiger partial charge in [0.15, 0.2) is 0 Å². The van der Waals surface area contributed by atoms with Gasteiger partial charge in [0.2, 0.25) is 0 Å². The van der Waals surface area contributed by atoms with Crippen molar-refractivity contribution in [1.82, 2.24) is 4.90 Å². The normalized spacial score (nSPS) is 11.6. The molecule has 20 heavy (non-hydrogen) atoms. The van der Waals surface area contributed by atoms with Gasteiger partial charge in [0, 0.05) is 25.6 Å². The first-order chi connectivity index (χ1) is 9.38. The van der Waals surface area contributed by atoms with Gasteiger partial charge in [0.05, 0.1) is 0 Å². The lowest BCUT2D eigenvalue weighted by Gasteiger charge is -2.28. The summed E-state index contributed by atoms with van der Waals surface area (Å²) < 4.78 is 0. The molecule has 0 saturated carbocycles. The third-order valence-electron chi connectivity index (χ3n) is 3.33. The number of carboxylic acids is 1. The van der Waals surface area contributed by atoms with Gasteiger partial charge in [0.1, 0.15) is 0 Å². The second-order valence-electron chi connectivity index (χ2n) is 6.13. The van der Waals surface area contributed by atoms with Crippen LogP contribution in [-0.4, -0.2) is 28.6 Å². The van der Waals surface area contributed by atoms with E-state index < -0.39 is 5.97 Å². The molecule has 0 heterocycles. The van der Waals surface area contributed by atoms with Crippen LogP contribution in [0.4, 0.5) is 0 Å². The van der Waals surface area contributed by atoms with Crippen molar-refractivity contribution >= 4 is 5.97 Å². The number of aliphatic carboxylic acids is 1. The Morgan fingerprint density at radius 1 is 1.20 bits per heavy atom. The fraction of sp³-hybridized carbons (Fsp3) is 0.588. The molecular formula is C17H27NO2. The highest BCUT2D eigenvalue weighted by atomic mass is 16.4. The Balaban J connectivity index is 2.70. The van der Waals surface area contributed by atoms with E-state index in [1.54, 1.807) is 0 Å². The van der Waals surface area contributed by atoms with Crippen LogP contribution in [0.2, 0.25) is 0 Å². The average molecular weight is 277 g/mol. The maximum absolute atomic E-state index is 10.6. The van der Waals surface area contributed by atoms with Crippen molar-refractivity contribution in [3.8, 4) is 0 Å². The van der Waals surface area contributed by atoms with Crippen LogP contribution in [0.25, 0.3) is 0 Å². The van der Waals surface area contributed by atoms with E-state index in [4.69, 9.17) is 5.11 Å². The van der Waals surface area contributed by atoms with Gasteiger partial charge in [-0.05, 0) is 37.3 Å². The lowest BCUT2D eigenvalue weighted by atomic mass is 10.0. The van der Waals surface area contributed by atoms with Crippen LogP contribution in [0.15, 0.2) is 24.3 Å². The molecule has 112 valence electrons. The van der Waals surface area contributed by atoms with Gasteiger partial charge in [-0.3, -0.25) is 9.69 Å². The third-order valence-corrected chi connectivity index (χ3v) is 3.33. The first-order valence-corrected chi connectivity index (χ1v) is 7.42. The van der Waals surface area contributed by atoms with E-state index in [9.17, 15) is 4.79 Å². The number of benzene rings is 1. The Kier molecular flexibility index (Phi) is 6.73. The Labute approximate surface area is 122 Å². The number of aryl methyl sites for hydroxylation is 1. The first kappa shape index (κ1) is 16.7. The molecule has 0 atom stereocenters. The van der Waals surface area contributed by atoms with Gasteiger partial charge in [-0.2, -0.15) is 0 Å². The molecule has 0 radical (unpaired) electrons. The van der Waals surface area contributed by atoms with E-state index in [1.165, 1.54) is 5.56 Å². The van der Waals surface area contributed by atoms with Crippen molar-refractivity contribution in [2.75, 3.05) is 6.54 Å². The average Bonchev–Trinajstić information content (AvgIpc) is 2.35. The third kappa shape index (κ3) is 6.20. The predicted molar refractivity (Wildman–Crippen MR) is 82.8 cm³/mol. The van der Waals surface area contributed by atoms with Crippen LogP contribution in [0, 0.1) is 5.92 Å². The highest BCUT2D eigenvalue weighted by molar-refractivity contribution is 5.67. The maximum Gasteiger partial charge on any atom is 0.303 e. The lowest BCUT2D eigenvalue weighted by Crippen LogP contribution is -2.33. The summed E-state index contributed by atoms with van der Waals surface area (Å²) in [7, 11) is 0. The Hall–Kier alpha value is -1.35. The molecule has 1 N–H and O–H groups in total. The van der Waals surface area contributed by atoms with Crippen molar-refractivity contribution in [3.63, 3.8) is 0 Å². The molecule has 0 spiro atoms. The zero-order valence-electron chi connectivity index (χ0n) is 13.1. The zero-order chi connectivity index (χ0) is 15.1. The van der Waals surface area contributed by atoms with Gasteiger partial charge >= 0.3 is 5.97 Å². The molecular weight excluding hydrogens is 250 g/mol. The molecule has 0 saturated heterocycles. The smallest absolute Gasteiger partial charge is 0.303 e. The minimum Gasteiger partial charge on any atom is -0.481 e. The molecule has 0 fully saturated rings. The number of carbonyl (C=O) groups is 1. The van der Waals surface area contributed by atoms with Gasteiger partial charge < -0.3 is 5.11 Å². The Morgan fingerprint density at radius 2 is 1.85 bits per heavy atom. The standard InChI is InChI=1S/C17H27NO2/c1-13(2)11-18(14(3)4)12-16-7-5-6-15(10-16)8-9-17(19)20/h5-7,10,13-14H,8-9,11-12H2,1-4H3,(H,19,20). The SMILES string of the molecule is CC(C)CN(Cc1cccc(CCC(=O)O)c1)C(C)C. The maximum atomic E-state index is 10.6.